The van der Waals surface area contributed by atoms with E-state index < -0.39 is 12.7 Å². The van der Waals surface area contributed by atoms with Crippen LogP contribution in [0.1, 0.15) is 74.4 Å². The van der Waals surface area contributed by atoms with E-state index in [0.717, 1.165) is 48.7 Å². The summed E-state index contributed by atoms with van der Waals surface area (Å²) < 4.78 is 42.5. The molecule has 1 aromatic carbocycles. The van der Waals surface area contributed by atoms with Crippen LogP contribution in [0.2, 0.25) is 0 Å². The average Bonchev–Trinajstić information content (AvgIpc) is 3.34. The van der Waals surface area contributed by atoms with E-state index in [4.69, 9.17) is 0 Å². The molecule has 1 saturated carbocycles. The fourth-order valence-electron chi connectivity index (χ4n) is 5.68. The molecule has 2 unspecified atom stereocenters. The van der Waals surface area contributed by atoms with Gasteiger partial charge < -0.3 is 4.90 Å². The van der Waals surface area contributed by atoms with Crippen molar-refractivity contribution in [2.45, 2.75) is 70.0 Å². The van der Waals surface area contributed by atoms with Gasteiger partial charge in [0.15, 0.2) is 0 Å². The van der Waals surface area contributed by atoms with Gasteiger partial charge in [0.05, 0.1) is 17.9 Å². The number of alkyl halides is 3. The lowest BCUT2D eigenvalue weighted by Gasteiger charge is -2.22. The minimum atomic E-state index is -2.63. The van der Waals surface area contributed by atoms with Crippen LogP contribution >= 0.6 is 0 Å². The number of nitrogens with zero attached hydrogens (tertiary/aromatic N) is 3. The quantitative estimate of drug-likeness (QED) is 0.518. The van der Waals surface area contributed by atoms with Crippen LogP contribution in [-0.2, 0) is 11.2 Å². The monoisotopic (exact) mass is 457 g/mol. The number of allylic oxidation sites excluding steroid dienone is 1. The number of carbonyl (C=O) groups excluding carboxylic acids is 1. The Kier molecular flexibility index (Phi) is 6.30. The van der Waals surface area contributed by atoms with Gasteiger partial charge in [-0.1, -0.05) is 30.7 Å². The second-order valence-corrected chi connectivity index (χ2v) is 9.55. The van der Waals surface area contributed by atoms with Crippen LogP contribution in [0.4, 0.5) is 13.2 Å². The Balaban J connectivity index is 1.35. The molecule has 0 spiro atoms. The van der Waals surface area contributed by atoms with Gasteiger partial charge in [0.25, 0.3) is 0 Å². The van der Waals surface area contributed by atoms with Crippen molar-refractivity contribution in [2.75, 3.05) is 13.1 Å². The predicted molar refractivity (Wildman–Crippen MR) is 122 cm³/mol. The third-order valence-electron chi connectivity index (χ3n) is 7.44. The molecule has 2 aliphatic carbocycles. The fraction of sp³-hybridized carbons (Fsp3) is 0.538. The van der Waals surface area contributed by atoms with Gasteiger partial charge in [-0.2, -0.15) is 8.78 Å². The van der Waals surface area contributed by atoms with Crippen LogP contribution < -0.4 is 0 Å². The average molecular weight is 458 g/mol. The SMILES string of the molecule is O=C(C1CCCC(c2cccc(-c3nc4c(n3C(F)F)CCC=C4)c2)CC1)N1CC[C@H](F)C1. The van der Waals surface area contributed by atoms with Gasteiger partial charge in [-0.25, -0.2) is 9.37 Å². The summed E-state index contributed by atoms with van der Waals surface area (Å²) in [6.07, 6.45) is 9.06. The van der Waals surface area contributed by atoms with E-state index in [1.54, 1.807) is 4.90 Å². The molecular formula is C26H30F3N3O. The van der Waals surface area contributed by atoms with E-state index in [-0.39, 0.29) is 24.3 Å². The largest absolute Gasteiger partial charge is 0.339 e. The molecule has 3 atom stereocenters. The maximum absolute atomic E-state index is 14.0. The molecule has 2 heterocycles. The zero-order valence-electron chi connectivity index (χ0n) is 18.7. The Morgan fingerprint density at radius 1 is 1.12 bits per heavy atom. The molecule has 4 nitrogen and oxygen atoms in total. The standard InChI is InChI=1S/C26H30F3N3O/c27-21-13-14-31(16-21)25(33)18-6-3-5-17(11-12-18)19-7-4-8-20(15-19)24-30-22-9-1-2-10-23(22)32(24)26(28)29/h1,4,7-9,15,17-18,21,26H,2-3,5-6,10-14,16H2/t17?,18?,21-/m0/s1. The Hall–Kier alpha value is -2.57. The lowest BCUT2D eigenvalue weighted by molar-refractivity contribution is -0.135. The number of halogens is 3. The highest BCUT2D eigenvalue weighted by atomic mass is 19.3. The zero-order chi connectivity index (χ0) is 22.9. The van der Waals surface area contributed by atoms with Gasteiger partial charge in [-0.15, -0.1) is 0 Å². The lowest BCUT2D eigenvalue weighted by Crippen LogP contribution is -2.34. The molecule has 1 aliphatic heterocycles. The number of benzene rings is 1. The molecule has 33 heavy (non-hydrogen) atoms. The minimum Gasteiger partial charge on any atom is -0.339 e. The van der Waals surface area contributed by atoms with Crippen molar-refractivity contribution in [1.82, 2.24) is 14.5 Å². The number of carbonyl (C=O) groups is 1. The predicted octanol–water partition coefficient (Wildman–Crippen LogP) is 6.14. The van der Waals surface area contributed by atoms with Crippen molar-refractivity contribution >= 4 is 12.0 Å². The number of hydrogen-bond acceptors (Lipinski definition) is 2. The molecule has 0 radical (unpaired) electrons. The molecule has 176 valence electrons. The molecule has 1 saturated heterocycles. The summed E-state index contributed by atoms with van der Waals surface area (Å²) >= 11 is 0. The van der Waals surface area contributed by atoms with Crippen molar-refractivity contribution in [3.05, 3.63) is 47.3 Å². The third-order valence-corrected chi connectivity index (χ3v) is 7.44. The Labute approximate surface area is 192 Å². The fourth-order valence-corrected chi connectivity index (χ4v) is 5.68. The summed E-state index contributed by atoms with van der Waals surface area (Å²) in [4.78, 5) is 19.1. The van der Waals surface area contributed by atoms with Gasteiger partial charge in [-0.3, -0.25) is 9.36 Å². The van der Waals surface area contributed by atoms with Crippen LogP contribution in [-0.4, -0.2) is 39.6 Å². The van der Waals surface area contributed by atoms with E-state index >= 15 is 0 Å². The Morgan fingerprint density at radius 3 is 2.79 bits per heavy atom. The molecule has 5 rings (SSSR count). The maximum Gasteiger partial charge on any atom is 0.320 e. The molecule has 0 bridgehead atoms. The van der Waals surface area contributed by atoms with Crippen LogP contribution in [0, 0.1) is 5.92 Å². The summed E-state index contributed by atoms with van der Waals surface area (Å²) in [5.41, 5.74) is 3.05. The minimum absolute atomic E-state index is 0.0419. The number of fused-ring (bicyclic) bond motifs is 1. The number of hydrogen-bond donors (Lipinski definition) is 0. The summed E-state index contributed by atoms with van der Waals surface area (Å²) in [6.45, 7) is -1.88. The second-order valence-electron chi connectivity index (χ2n) is 9.55. The van der Waals surface area contributed by atoms with Gasteiger partial charge >= 0.3 is 6.55 Å². The number of likely N-dealkylation sites (tertiary alicyclic amines) is 1. The Morgan fingerprint density at radius 2 is 2.00 bits per heavy atom. The summed E-state index contributed by atoms with van der Waals surface area (Å²) in [7, 11) is 0. The van der Waals surface area contributed by atoms with Gasteiger partial charge in [-0.05, 0) is 68.6 Å². The van der Waals surface area contributed by atoms with E-state index in [1.165, 1.54) is 0 Å². The second kappa shape index (κ2) is 9.35. The summed E-state index contributed by atoms with van der Waals surface area (Å²) in [5, 5.41) is 0. The van der Waals surface area contributed by atoms with Crippen molar-refractivity contribution in [2.24, 2.45) is 5.92 Å². The van der Waals surface area contributed by atoms with Crippen LogP contribution in [0.3, 0.4) is 0 Å². The number of amides is 1. The first-order chi connectivity index (χ1) is 16.0. The first kappa shape index (κ1) is 22.2. The Bertz CT molecular complexity index is 1050. The smallest absolute Gasteiger partial charge is 0.320 e. The van der Waals surface area contributed by atoms with E-state index in [0.29, 0.717) is 42.2 Å². The number of imidazole rings is 1. The molecule has 1 aromatic heterocycles. The molecule has 3 aliphatic rings. The van der Waals surface area contributed by atoms with E-state index in [2.05, 4.69) is 11.1 Å². The highest BCUT2D eigenvalue weighted by molar-refractivity contribution is 5.79. The van der Waals surface area contributed by atoms with Crippen molar-refractivity contribution in [1.29, 1.82) is 0 Å². The molecule has 7 heteroatoms. The third kappa shape index (κ3) is 4.46. The van der Waals surface area contributed by atoms with E-state index in [9.17, 15) is 18.0 Å². The first-order valence-electron chi connectivity index (χ1n) is 12.1. The van der Waals surface area contributed by atoms with Gasteiger partial charge in [0.2, 0.25) is 5.91 Å². The van der Waals surface area contributed by atoms with Gasteiger partial charge in [0, 0.05) is 18.0 Å². The topological polar surface area (TPSA) is 38.1 Å². The summed E-state index contributed by atoms with van der Waals surface area (Å²) in [6, 6.07) is 7.82. The molecular weight excluding hydrogens is 427 g/mol. The number of rotatable bonds is 4. The maximum atomic E-state index is 14.0. The highest BCUT2D eigenvalue weighted by Crippen LogP contribution is 2.38. The first-order valence-corrected chi connectivity index (χ1v) is 12.1. The van der Waals surface area contributed by atoms with Crippen molar-refractivity contribution < 1.29 is 18.0 Å². The van der Waals surface area contributed by atoms with Crippen LogP contribution in [0.25, 0.3) is 17.5 Å². The van der Waals surface area contributed by atoms with Gasteiger partial charge in [0.1, 0.15) is 12.0 Å². The highest BCUT2D eigenvalue weighted by Gasteiger charge is 2.32. The molecule has 0 N–H and O–H groups in total. The zero-order valence-corrected chi connectivity index (χ0v) is 18.7. The van der Waals surface area contributed by atoms with Crippen molar-refractivity contribution in [3.63, 3.8) is 0 Å². The lowest BCUT2D eigenvalue weighted by atomic mass is 9.90. The van der Waals surface area contributed by atoms with E-state index in [1.807, 2.05) is 30.4 Å². The summed E-state index contributed by atoms with van der Waals surface area (Å²) in [5.74, 6) is 0.654. The molecule has 1 amide bonds. The molecule has 2 aromatic rings. The van der Waals surface area contributed by atoms with Crippen LogP contribution in [0.15, 0.2) is 30.3 Å². The van der Waals surface area contributed by atoms with Crippen LogP contribution in [0.5, 0.6) is 0 Å². The number of aromatic nitrogens is 2. The molecule has 2 fully saturated rings. The normalized spacial score (nSPS) is 25.3. The van der Waals surface area contributed by atoms with Crippen molar-refractivity contribution in [3.8, 4) is 11.4 Å².